The molecule has 0 aromatic heterocycles. The first-order valence-corrected chi connectivity index (χ1v) is 4.24. The van der Waals surface area contributed by atoms with Gasteiger partial charge in [-0.05, 0) is 13.0 Å². The highest BCUT2D eigenvalue weighted by Crippen LogP contribution is 2.18. The fourth-order valence-electron chi connectivity index (χ4n) is 1.22. The number of nitrogens with one attached hydrogen (secondary N) is 2. The number of rotatable bonds is 2. The van der Waals surface area contributed by atoms with Gasteiger partial charge in [-0.25, -0.2) is 0 Å². The third-order valence-corrected chi connectivity index (χ3v) is 2.04. The molecule has 0 aliphatic carbocycles. The van der Waals surface area contributed by atoms with Crippen molar-refractivity contribution in [1.29, 1.82) is 0 Å². The molecule has 0 spiro atoms. The van der Waals surface area contributed by atoms with Gasteiger partial charge in [0.05, 0.1) is 0 Å². The SMILES string of the molecule is Cl.NC(C(=O)NC1CCNC1)C(F)(F)F. The van der Waals surface area contributed by atoms with Gasteiger partial charge in [-0.1, -0.05) is 0 Å². The van der Waals surface area contributed by atoms with Crippen molar-refractivity contribution in [2.75, 3.05) is 13.1 Å². The molecule has 0 bridgehead atoms. The molecule has 0 radical (unpaired) electrons. The first-order chi connectivity index (χ1) is 6.41. The molecule has 1 saturated heterocycles. The minimum Gasteiger partial charge on any atom is -0.350 e. The predicted octanol–water partition coefficient (Wildman–Crippen LogP) is -0.224. The number of nitrogens with two attached hydrogens (primary N) is 1. The molecule has 1 aliphatic rings. The molecule has 90 valence electrons. The smallest absolute Gasteiger partial charge is 0.350 e. The summed E-state index contributed by atoms with van der Waals surface area (Å²) in [6.45, 7) is 1.20. The Labute approximate surface area is 91.2 Å². The second-order valence-corrected chi connectivity index (χ2v) is 3.22. The molecule has 1 amide bonds. The zero-order valence-corrected chi connectivity index (χ0v) is 8.62. The predicted molar refractivity (Wildman–Crippen MR) is 50.7 cm³/mol. The van der Waals surface area contributed by atoms with Crippen LogP contribution in [0.5, 0.6) is 0 Å². The van der Waals surface area contributed by atoms with E-state index >= 15 is 0 Å². The molecule has 1 aliphatic heterocycles. The monoisotopic (exact) mass is 247 g/mol. The van der Waals surface area contributed by atoms with Gasteiger partial charge in [0.15, 0.2) is 6.04 Å². The molecule has 1 rings (SSSR count). The van der Waals surface area contributed by atoms with Gasteiger partial charge >= 0.3 is 6.18 Å². The Morgan fingerprint density at radius 1 is 1.53 bits per heavy atom. The molecule has 1 heterocycles. The largest absolute Gasteiger partial charge is 0.412 e. The van der Waals surface area contributed by atoms with E-state index in [0.29, 0.717) is 19.5 Å². The van der Waals surface area contributed by atoms with Gasteiger partial charge in [0, 0.05) is 12.6 Å². The second kappa shape index (κ2) is 5.53. The zero-order valence-electron chi connectivity index (χ0n) is 7.80. The van der Waals surface area contributed by atoms with Gasteiger partial charge in [-0.2, -0.15) is 13.2 Å². The molecule has 0 aromatic rings. The summed E-state index contributed by atoms with van der Waals surface area (Å²) in [5.41, 5.74) is 4.71. The van der Waals surface area contributed by atoms with E-state index in [1.165, 1.54) is 0 Å². The lowest BCUT2D eigenvalue weighted by Gasteiger charge is -2.18. The van der Waals surface area contributed by atoms with Gasteiger partial charge in [0.1, 0.15) is 0 Å². The number of hydrogen-bond acceptors (Lipinski definition) is 3. The Morgan fingerprint density at radius 3 is 2.53 bits per heavy atom. The van der Waals surface area contributed by atoms with Crippen LogP contribution < -0.4 is 16.4 Å². The molecule has 0 aromatic carbocycles. The molecule has 8 heteroatoms. The highest BCUT2D eigenvalue weighted by Gasteiger charge is 2.42. The second-order valence-electron chi connectivity index (χ2n) is 3.22. The number of alkyl halides is 3. The van der Waals surface area contributed by atoms with E-state index in [1.54, 1.807) is 0 Å². The van der Waals surface area contributed by atoms with Crippen LogP contribution in [0.25, 0.3) is 0 Å². The minimum absolute atomic E-state index is 0. The van der Waals surface area contributed by atoms with Crippen LogP contribution in [0, 0.1) is 0 Å². The summed E-state index contributed by atoms with van der Waals surface area (Å²) in [5.74, 6) is -1.16. The van der Waals surface area contributed by atoms with Crippen LogP contribution in [0.2, 0.25) is 0 Å². The molecule has 2 unspecified atom stereocenters. The van der Waals surface area contributed by atoms with Crippen molar-refractivity contribution in [2.24, 2.45) is 5.73 Å². The first kappa shape index (κ1) is 14.5. The van der Waals surface area contributed by atoms with Crippen LogP contribution >= 0.6 is 12.4 Å². The number of hydrogen-bond donors (Lipinski definition) is 3. The Balaban J connectivity index is 0.00000196. The van der Waals surface area contributed by atoms with Crippen molar-refractivity contribution in [3.63, 3.8) is 0 Å². The van der Waals surface area contributed by atoms with Gasteiger partial charge < -0.3 is 16.4 Å². The average Bonchev–Trinajstić information content (AvgIpc) is 2.53. The van der Waals surface area contributed by atoms with E-state index in [-0.39, 0.29) is 18.4 Å². The number of carbonyl (C=O) groups is 1. The summed E-state index contributed by atoms with van der Waals surface area (Å²) in [7, 11) is 0. The Bertz CT molecular complexity index is 218. The van der Waals surface area contributed by atoms with Crippen LogP contribution in [-0.4, -0.2) is 37.3 Å². The Morgan fingerprint density at radius 2 is 2.13 bits per heavy atom. The molecule has 4 nitrogen and oxygen atoms in total. The van der Waals surface area contributed by atoms with E-state index in [9.17, 15) is 18.0 Å². The van der Waals surface area contributed by atoms with Gasteiger partial charge in [0.25, 0.3) is 0 Å². The summed E-state index contributed by atoms with van der Waals surface area (Å²) in [5, 5.41) is 5.16. The summed E-state index contributed by atoms with van der Waals surface area (Å²) < 4.78 is 35.9. The summed E-state index contributed by atoms with van der Waals surface area (Å²) >= 11 is 0. The van der Waals surface area contributed by atoms with Crippen molar-refractivity contribution < 1.29 is 18.0 Å². The minimum atomic E-state index is -4.67. The van der Waals surface area contributed by atoms with Crippen molar-refractivity contribution >= 4 is 18.3 Å². The molecule has 15 heavy (non-hydrogen) atoms. The molecular formula is C7H13ClF3N3O. The highest BCUT2D eigenvalue weighted by molar-refractivity contribution is 5.85. The Hall–Kier alpha value is -0.530. The van der Waals surface area contributed by atoms with Gasteiger partial charge in [-0.15, -0.1) is 12.4 Å². The maximum absolute atomic E-state index is 12.0. The molecule has 4 N–H and O–H groups in total. The standard InChI is InChI=1S/C7H12F3N3O.ClH/c8-7(9,10)5(11)6(14)13-4-1-2-12-3-4;/h4-5,12H,1-3,11H2,(H,13,14);1H. The lowest BCUT2D eigenvalue weighted by atomic mass is 10.2. The van der Waals surface area contributed by atoms with Crippen molar-refractivity contribution in [1.82, 2.24) is 10.6 Å². The maximum Gasteiger partial charge on any atom is 0.412 e. The van der Waals surface area contributed by atoms with E-state index in [2.05, 4.69) is 10.6 Å². The lowest BCUT2D eigenvalue weighted by Crippen LogP contribution is -2.53. The van der Waals surface area contributed by atoms with E-state index < -0.39 is 18.1 Å². The zero-order chi connectivity index (χ0) is 10.8. The molecule has 0 saturated carbocycles. The van der Waals surface area contributed by atoms with Gasteiger partial charge in [-0.3, -0.25) is 4.79 Å². The van der Waals surface area contributed by atoms with Gasteiger partial charge in [0.2, 0.25) is 5.91 Å². The van der Waals surface area contributed by atoms with Crippen molar-refractivity contribution in [3.05, 3.63) is 0 Å². The molecule has 2 atom stereocenters. The summed E-state index contributed by atoms with van der Waals surface area (Å²) in [6, 6.07) is -2.67. The topological polar surface area (TPSA) is 67.2 Å². The normalized spacial score (nSPS) is 23.1. The quantitative estimate of drug-likeness (QED) is 0.632. The Kier molecular flexibility index (Phi) is 5.33. The van der Waals surface area contributed by atoms with E-state index in [1.807, 2.05) is 0 Å². The highest BCUT2D eigenvalue weighted by atomic mass is 35.5. The van der Waals surface area contributed by atoms with Crippen LogP contribution in [0.3, 0.4) is 0 Å². The fourth-order valence-corrected chi connectivity index (χ4v) is 1.22. The third-order valence-electron chi connectivity index (χ3n) is 2.04. The fraction of sp³-hybridized carbons (Fsp3) is 0.857. The van der Waals surface area contributed by atoms with Crippen LogP contribution in [-0.2, 0) is 4.79 Å². The summed E-state index contributed by atoms with van der Waals surface area (Å²) in [4.78, 5) is 11.0. The number of carbonyl (C=O) groups excluding carboxylic acids is 1. The average molecular weight is 248 g/mol. The van der Waals surface area contributed by atoms with Crippen LogP contribution in [0.4, 0.5) is 13.2 Å². The number of amides is 1. The summed E-state index contributed by atoms with van der Waals surface area (Å²) in [6.07, 6.45) is -4.04. The molecular weight excluding hydrogens is 235 g/mol. The van der Waals surface area contributed by atoms with Crippen LogP contribution in [0.15, 0.2) is 0 Å². The third kappa shape index (κ3) is 4.23. The number of halogens is 4. The van der Waals surface area contributed by atoms with Crippen molar-refractivity contribution in [2.45, 2.75) is 24.7 Å². The van der Waals surface area contributed by atoms with E-state index in [4.69, 9.17) is 5.73 Å². The van der Waals surface area contributed by atoms with Crippen molar-refractivity contribution in [3.8, 4) is 0 Å². The maximum atomic E-state index is 12.0. The first-order valence-electron chi connectivity index (χ1n) is 4.24. The lowest BCUT2D eigenvalue weighted by molar-refractivity contribution is -0.163. The van der Waals surface area contributed by atoms with E-state index in [0.717, 1.165) is 0 Å². The molecule has 1 fully saturated rings. The van der Waals surface area contributed by atoms with Crippen LogP contribution in [0.1, 0.15) is 6.42 Å².